The summed E-state index contributed by atoms with van der Waals surface area (Å²) in [5.41, 5.74) is -0.513. The second-order valence-electron chi connectivity index (χ2n) is 10.5. The fourth-order valence-electron chi connectivity index (χ4n) is 4.83. The second-order valence-corrected chi connectivity index (χ2v) is 10.5. The van der Waals surface area contributed by atoms with Crippen LogP contribution in [0.25, 0.3) is 10.9 Å². The SMILES string of the molecule is [2H]c1c([2H])c(C2(C(=O)Cc3cc4cc(C(C)(C)CC)n(C[C@@H](O)CO)c4cc3F)CC2)c([2H])c2c1OC(F)(F)O2. The van der Waals surface area contributed by atoms with E-state index in [1.807, 2.05) is 26.8 Å². The van der Waals surface area contributed by atoms with Gasteiger partial charge in [-0.1, -0.05) is 26.8 Å². The number of ketones is 1. The number of rotatable bonds is 9. The van der Waals surface area contributed by atoms with E-state index in [1.54, 1.807) is 10.6 Å². The summed E-state index contributed by atoms with van der Waals surface area (Å²) in [5, 5.41) is 20.2. The van der Waals surface area contributed by atoms with Gasteiger partial charge in [0.25, 0.3) is 0 Å². The number of Topliss-reactive ketones (excluding diaryl/α,β-unsaturated/α-hetero) is 1. The van der Waals surface area contributed by atoms with Crippen LogP contribution in [0.15, 0.2) is 36.3 Å². The summed E-state index contributed by atoms with van der Waals surface area (Å²) in [5.74, 6) is -2.57. The first kappa shape index (κ1) is 22.0. The molecule has 3 aromatic rings. The predicted molar refractivity (Wildman–Crippen MR) is 131 cm³/mol. The van der Waals surface area contributed by atoms with Crippen molar-refractivity contribution < 1.29 is 41.8 Å². The molecule has 2 heterocycles. The highest BCUT2D eigenvalue weighted by Gasteiger charge is 2.52. The summed E-state index contributed by atoms with van der Waals surface area (Å²) in [6.07, 6.45) is -4.34. The van der Waals surface area contributed by atoms with Crippen LogP contribution in [-0.4, -0.2) is 39.6 Å². The molecule has 0 bridgehead atoms. The van der Waals surface area contributed by atoms with Crippen LogP contribution in [0.3, 0.4) is 0 Å². The van der Waals surface area contributed by atoms with E-state index >= 15 is 4.39 Å². The molecule has 2 N–H and O–H groups in total. The molecule has 2 aliphatic rings. The van der Waals surface area contributed by atoms with Crippen LogP contribution in [0.4, 0.5) is 13.2 Å². The van der Waals surface area contributed by atoms with Crippen LogP contribution in [-0.2, 0) is 28.6 Å². The van der Waals surface area contributed by atoms with Gasteiger partial charge in [-0.05, 0) is 60.7 Å². The molecule has 198 valence electrons. The predicted octanol–water partition coefficient (Wildman–Crippen LogP) is 4.99. The van der Waals surface area contributed by atoms with Gasteiger partial charge in [0.2, 0.25) is 0 Å². The molecular weight excluding hydrogens is 487 g/mol. The first-order chi connectivity index (χ1) is 18.7. The average molecular weight is 521 g/mol. The third kappa shape index (κ3) is 4.48. The number of alkyl halides is 2. The Kier molecular flexibility index (Phi) is 5.21. The number of hydrogen-bond donors (Lipinski definition) is 2. The molecule has 2 aromatic carbocycles. The summed E-state index contributed by atoms with van der Waals surface area (Å²) in [6, 6.07) is 2.82. The molecule has 5 rings (SSSR count). The van der Waals surface area contributed by atoms with Gasteiger partial charge in [-0.3, -0.25) is 4.79 Å². The number of aromatic nitrogens is 1. The van der Waals surface area contributed by atoms with E-state index in [0.29, 0.717) is 10.9 Å². The van der Waals surface area contributed by atoms with E-state index in [-0.39, 0.29) is 42.3 Å². The third-order valence-electron chi connectivity index (χ3n) is 7.55. The van der Waals surface area contributed by atoms with Gasteiger partial charge in [-0.2, -0.15) is 0 Å². The molecule has 9 heteroatoms. The number of hydrogen-bond acceptors (Lipinski definition) is 5. The molecule has 0 unspecified atom stereocenters. The smallest absolute Gasteiger partial charge is 0.395 e. The zero-order valence-electron chi connectivity index (χ0n) is 23.8. The van der Waals surface area contributed by atoms with Crippen LogP contribution in [0, 0.1) is 5.82 Å². The van der Waals surface area contributed by atoms with E-state index in [0.717, 1.165) is 12.1 Å². The molecule has 1 fully saturated rings. The standard InChI is InChI=1S/C28H30F3NO5/c1-4-26(2,3)24-10-17-9-16(20(29)13-21(17)32(24)14-19(34)15-33)11-25(35)27(7-8-27)18-5-6-22-23(12-18)37-28(30,31)36-22/h5-6,9-10,12-13,19,33-34H,4,7-8,11,14-15H2,1-3H3/t19-/m1/s1/i5D,6D,12D. The highest BCUT2D eigenvalue weighted by Crippen LogP contribution is 2.52. The molecule has 1 atom stereocenters. The zero-order chi connectivity index (χ0) is 29.4. The molecule has 1 aromatic heterocycles. The third-order valence-corrected chi connectivity index (χ3v) is 7.55. The lowest BCUT2D eigenvalue weighted by Crippen LogP contribution is -2.26. The summed E-state index contributed by atoms with van der Waals surface area (Å²) >= 11 is 0. The number of ether oxygens (including phenoxy) is 2. The molecule has 6 nitrogen and oxygen atoms in total. The van der Waals surface area contributed by atoms with E-state index in [1.165, 1.54) is 6.07 Å². The van der Waals surface area contributed by atoms with Gasteiger partial charge >= 0.3 is 6.29 Å². The number of benzene rings is 2. The molecule has 0 spiro atoms. The van der Waals surface area contributed by atoms with Crippen molar-refractivity contribution in [1.29, 1.82) is 0 Å². The van der Waals surface area contributed by atoms with Crippen LogP contribution in [0.1, 0.15) is 61.0 Å². The Morgan fingerprint density at radius 3 is 2.57 bits per heavy atom. The number of halogens is 3. The van der Waals surface area contributed by atoms with E-state index in [4.69, 9.17) is 4.11 Å². The maximum Gasteiger partial charge on any atom is 0.586 e. The molecule has 0 radical (unpaired) electrons. The Morgan fingerprint density at radius 1 is 1.22 bits per heavy atom. The highest BCUT2D eigenvalue weighted by molar-refractivity contribution is 5.95. The maximum absolute atomic E-state index is 15.5. The van der Waals surface area contributed by atoms with Crippen molar-refractivity contribution in [3.63, 3.8) is 0 Å². The zero-order valence-corrected chi connectivity index (χ0v) is 20.8. The maximum atomic E-state index is 15.5. The average Bonchev–Trinajstić information content (AvgIpc) is 3.52. The molecule has 37 heavy (non-hydrogen) atoms. The topological polar surface area (TPSA) is 80.9 Å². The summed E-state index contributed by atoms with van der Waals surface area (Å²) in [6.45, 7) is 5.62. The van der Waals surface area contributed by atoms with E-state index in [2.05, 4.69) is 9.47 Å². The minimum atomic E-state index is -4.09. The fraction of sp³-hybridized carbons (Fsp3) is 0.464. The highest BCUT2D eigenvalue weighted by atomic mass is 19.3. The lowest BCUT2D eigenvalue weighted by molar-refractivity contribution is -0.286. The minimum absolute atomic E-state index is 0.0523. The van der Waals surface area contributed by atoms with Gasteiger partial charge < -0.3 is 24.3 Å². The molecule has 0 amide bonds. The van der Waals surface area contributed by atoms with Crippen molar-refractivity contribution >= 4 is 16.7 Å². The Morgan fingerprint density at radius 2 is 1.92 bits per heavy atom. The van der Waals surface area contributed by atoms with E-state index in [9.17, 15) is 23.8 Å². The van der Waals surface area contributed by atoms with Gasteiger partial charge in [-0.15, -0.1) is 8.78 Å². The summed E-state index contributed by atoms with van der Waals surface area (Å²) < 4.78 is 78.3. The normalized spacial score (nSPS) is 19.4. The fourth-order valence-corrected chi connectivity index (χ4v) is 4.83. The van der Waals surface area contributed by atoms with Crippen molar-refractivity contribution in [2.75, 3.05) is 6.61 Å². The number of carbonyl (C=O) groups is 1. The number of fused-ring (bicyclic) bond motifs is 2. The second kappa shape index (κ2) is 8.77. The van der Waals surface area contributed by atoms with E-state index < -0.39 is 65.6 Å². The Hall–Kier alpha value is -3.04. The summed E-state index contributed by atoms with van der Waals surface area (Å²) in [7, 11) is 0. The largest absolute Gasteiger partial charge is 0.586 e. The monoisotopic (exact) mass is 520 g/mol. The first-order valence-corrected chi connectivity index (χ1v) is 12.2. The quantitative estimate of drug-likeness (QED) is 0.416. The molecule has 0 saturated heterocycles. The minimum Gasteiger partial charge on any atom is -0.395 e. The number of aliphatic hydroxyl groups excluding tert-OH is 2. The van der Waals surface area contributed by atoms with Crippen LogP contribution in [0.2, 0.25) is 0 Å². The van der Waals surface area contributed by atoms with Gasteiger partial charge in [0.1, 0.15) is 11.6 Å². The van der Waals surface area contributed by atoms with Crippen molar-refractivity contribution in [2.45, 2.75) is 76.2 Å². The van der Waals surface area contributed by atoms with Crippen molar-refractivity contribution in [3.05, 3.63) is 59.0 Å². The van der Waals surface area contributed by atoms with Gasteiger partial charge in [-0.25, -0.2) is 4.39 Å². The van der Waals surface area contributed by atoms with Gasteiger partial charge in [0.15, 0.2) is 11.5 Å². The van der Waals surface area contributed by atoms with Crippen LogP contribution in [0.5, 0.6) is 11.5 Å². The van der Waals surface area contributed by atoms with Crippen LogP contribution < -0.4 is 9.47 Å². The first-order valence-electron chi connectivity index (χ1n) is 13.7. The Labute approximate surface area is 216 Å². The molecular formula is C28H30F3NO5. The molecule has 1 aliphatic heterocycles. The Balaban J connectivity index is 1.53. The lowest BCUT2D eigenvalue weighted by Gasteiger charge is -2.26. The lowest BCUT2D eigenvalue weighted by atomic mass is 9.86. The van der Waals surface area contributed by atoms with Crippen molar-refractivity contribution in [3.8, 4) is 11.5 Å². The summed E-state index contributed by atoms with van der Waals surface area (Å²) in [4.78, 5) is 13.6. The number of aliphatic hydroxyl groups is 2. The van der Waals surface area contributed by atoms with Gasteiger partial charge in [0, 0.05) is 22.9 Å². The Bertz CT molecular complexity index is 1530. The van der Waals surface area contributed by atoms with Crippen molar-refractivity contribution in [2.24, 2.45) is 0 Å². The van der Waals surface area contributed by atoms with Crippen molar-refractivity contribution in [1.82, 2.24) is 4.57 Å². The number of carbonyl (C=O) groups excluding carboxylic acids is 1. The van der Waals surface area contributed by atoms with Gasteiger partial charge in [0.05, 0.1) is 34.3 Å². The molecule has 1 aliphatic carbocycles. The van der Waals surface area contributed by atoms with Crippen LogP contribution >= 0.6 is 0 Å². The number of nitrogens with zero attached hydrogens (tertiary/aromatic N) is 1. The molecule has 1 saturated carbocycles.